The van der Waals surface area contributed by atoms with Crippen molar-refractivity contribution in [1.82, 2.24) is 9.88 Å². The number of carbonyl (C=O) groups is 2. The van der Waals surface area contributed by atoms with E-state index < -0.39 is 22.6 Å². The standard InChI is InChI=1S/C25H34N4O2/c1-17-6-9-20(28-16-17)25(22(27)31)19-8-7-18(23(19)11-12-23)24(25,21(26)30)10-2-3-13-29-14-4-5-15-29/h6-9,16,18-19H,2-5,10-15H2,1H3,(H2,26,30)(H2,27,31)/t18-,19+,24+,25-/m1/s1. The van der Waals surface area contributed by atoms with Crippen LogP contribution in [0.4, 0.5) is 0 Å². The van der Waals surface area contributed by atoms with E-state index in [1.807, 2.05) is 19.1 Å². The number of carbonyl (C=O) groups excluding carboxylic acids is 2. The van der Waals surface area contributed by atoms with Gasteiger partial charge < -0.3 is 16.4 Å². The van der Waals surface area contributed by atoms with Gasteiger partial charge in [0, 0.05) is 12.1 Å². The van der Waals surface area contributed by atoms with Crippen LogP contribution in [0.2, 0.25) is 0 Å². The maximum absolute atomic E-state index is 13.4. The first kappa shape index (κ1) is 20.7. The molecule has 2 heterocycles. The van der Waals surface area contributed by atoms with E-state index in [1.165, 1.54) is 12.8 Å². The minimum Gasteiger partial charge on any atom is -0.369 e. The van der Waals surface area contributed by atoms with Crippen molar-refractivity contribution in [2.45, 2.75) is 57.3 Å². The van der Waals surface area contributed by atoms with Crippen LogP contribution < -0.4 is 11.5 Å². The Kier molecular flexibility index (Phi) is 4.77. The van der Waals surface area contributed by atoms with Crippen molar-refractivity contribution in [3.8, 4) is 0 Å². The van der Waals surface area contributed by atoms with Gasteiger partial charge >= 0.3 is 0 Å². The van der Waals surface area contributed by atoms with Crippen LogP contribution in [-0.4, -0.2) is 41.3 Å². The van der Waals surface area contributed by atoms with Gasteiger partial charge in [0.15, 0.2) is 0 Å². The number of hydrogen-bond donors (Lipinski definition) is 2. The number of aryl methyl sites for hydroxylation is 1. The molecule has 5 rings (SSSR count). The lowest BCUT2D eigenvalue weighted by Crippen LogP contribution is -2.62. The number of likely N-dealkylation sites (tertiary alicyclic amines) is 1. The molecule has 4 N–H and O–H groups in total. The number of amides is 2. The molecule has 2 amide bonds. The van der Waals surface area contributed by atoms with Gasteiger partial charge in [0.25, 0.3) is 0 Å². The van der Waals surface area contributed by atoms with Gasteiger partial charge in [-0.1, -0.05) is 24.6 Å². The highest BCUT2D eigenvalue weighted by Gasteiger charge is 2.83. The normalized spacial score (nSPS) is 35.1. The van der Waals surface area contributed by atoms with E-state index in [0.29, 0.717) is 12.1 Å². The van der Waals surface area contributed by atoms with Crippen molar-refractivity contribution in [3.63, 3.8) is 0 Å². The zero-order valence-corrected chi connectivity index (χ0v) is 18.5. The lowest BCUT2D eigenvalue weighted by atomic mass is 9.53. The second-order valence-electron chi connectivity index (χ2n) is 10.3. The average Bonchev–Trinajstić information content (AvgIpc) is 3.11. The Morgan fingerprint density at radius 1 is 1.06 bits per heavy atom. The zero-order valence-electron chi connectivity index (χ0n) is 18.5. The first-order chi connectivity index (χ1) is 14.9. The summed E-state index contributed by atoms with van der Waals surface area (Å²) in [6.07, 6.45) is 13.1. The molecule has 0 radical (unpaired) electrons. The topological polar surface area (TPSA) is 102 Å². The monoisotopic (exact) mass is 422 g/mol. The van der Waals surface area contributed by atoms with Gasteiger partial charge in [0.05, 0.1) is 11.1 Å². The van der Waals surface area contributed by atoms with Crippen LogP contribution in [-0.2, 0) is 15.0 Å². The lowest BCUT2D eigenvalue weighted by Gasteiger charge is -2.47. The summed E-state index contributed by atoms with van der Waals surface area (Å²) in [6, 6.07) is 3.86. The molecule has 3 fully saturated rings. The number of allylic oxidation sites excluding steroid dienone is 2. The molecule has 1 aliphatic heterocycles. The van der Waals surface area contributed by atoms with Crippen molar-refractivity contribution >= 4 is 11.8 Å². The van der Waals surface area contributed by atoms with Crippen LogP contribution >= 0.6 is 0 Å². The number of hydrogen-bond acceptors (Lipinski definition) is 4. The Morgan fingerprint density at radius 2 is 1.77 bits per heavy atom. The van der Waals surface area contributed by atoms with Crippen molar-refractivity contribution in [1.29, 1.82) is 0 Å². The van der Waals surface area contributed by atoms with Gasteiger partial charge in [-0.25, -0.2) is 0 Å². The number of pyridine rings is 1. The van der Waals surface area contributed by atoms with Crippen LogP contribution in [0.1, 0.15) is 56.2 Å². The fraction of sp³-hybridized carbons (Fsp3) is 0.640. The maximum atomic E-state index is 13.4. The van der Waals surface area contributed by atoms with Crippen LogP contribution in [0.5, 0.6) is 0 Å². The Hall–Kier alpha value is -2.21. The van der Waals surface area contributed by atoms with Crippen LogP contribution in [0.25, 0.3) is 0 Å². The molecule has 31 heavy (non-hydrogen) atoms. The molecule has 6 nitrogen and oxygen atoms in total. The summed E-state index contributed by atoms with van der Waals surface area (Å²) in [5.74, 6) is -0.989. The smallest absolute Gasteiger partial charge is 0.231 e. The van der Waals surface area contributed by atoms with Crippen LogP contribution in [0, 0.1) is 29.6 Å². The Balaban J connectivity index is 1.56. The number of aromatic nitrogens is 1. The van der Waals surface area contributed by atoms with Gasteiger partial charge in [-0.15, -0.1) is 0 Å². The summed E-state index contributed by atoms with van der Waals surface area (Å²) in [5.41, 5.74) is 11.8. The fourth-order valence-electron chi connectivity index (χ4n) is 7.48. The lowest BCUT2D eigenvalue weighted by molar-refractivity contribution is -0.144. The molecule has 4 atom stereocenters. The number of nitrogens with two attached hydrogens (primary N) is 2. The summed E-state index contributed by atoms with van der Waals surface area (Å²) in [6.45, 7) is 5.33. The minimum atomic E-state index is -1.17. The van der Waals surface area contributed by atoms with Gasteiger partial charge in [-0.05, 0) is 88.0 Å². The van der Waals surface area contributed by atoms with Crippen molar-refractivity contribution in [2.75, 3.05) is 19.6 Å². The highest BCUT2D eigenvalue weighted by atomic mass is 16.2. The molecule has 2 saturated carbocycles. The Labute approximate surface area is 184 Å². The molecule has 1 aromatic rings. The SMILES string of the molecule is Cc1ccc([C@@]2(C(N)=O)[C@H]3C=C[C@H](C34CC4)[C@@]2(CCCCN2CCCC2)C(N)=O)nc1. The minimum absolute atomic E-state index is 0.0371. The summed E-state index contributed by atoms with van der Waals surface area (Å²) in [5, 5.41) is 0. The average molecular weight is 423 g/mol. The number of rotatable bonds is 8. The summed E-state index contributed by atoms with van der Waals surface area (Å²) in [4.78, 5) is 34.0. The molecular weight excluding hydrogens is 388 g/mol. The first-order valence-corrected chi connectivity index (χ1v) is 11.8. The third-order valence-electron chi connectivity index (χ3n) is 8.90. The molecule has 3 aliphatic carbocycles. The molecule has 1 saturated heterocycles. The summed E-state index contributed by atoms with van der Waals surface area (Å²) in [7, 11) is 0. The van der Waals surface area contributed by atoms with E-state index in [2.05, 4.69) is 22.0 Å². The van der Waals surface area contributed by atoms with Gasteiger partial charge in [0.1, 0.15) is 5.41 Å². The predicted octanol–water partition coefficient (Wildman–Crippen LogP) is 2.45. The summed E-state index contributed by atoms with van der Waals surface area (Å²) >= 11 is 0. The van der Waals surface area contributed by atoms with Gasteiger partial charge in [0.2, 0.25) is 11.8 Å². The second-order valence-corrected chi connectivity index (χ2v) is 10.3. The quantitative estimate of drug-likeness (QED) is 0.496. The molecule has 1 spiro atoms. The van der Waals surface area contributed by atoms with E-state index >= 15 is 0 Å². The van der Waals surface area contributed by atoms with E-state index in [0.717, 1.165) is 50.9 Å². The summed E-state index contributed by atoms with van der Waals surface area (Å²) < 4.78 is 0. The molecule has 0 aromatic carbocycles. The highest BCUT2D eigenvalue weighted by molar-refractivity contribution is 5.99. The Bertz CT molecular complexity index is 916. The molecular formula is C25H34N4O2. The molecule has 2 bridgehead atoms. The van der Waals surface area contributed by atoms with Gasteiger partial charge in [-0.2, -0.15) is 0 Å². The second kappa shape index (κ2) is 7.16. The third-order valence-corrected chi connectivity index (χ3v) is 8.90. The van der Waals surface area contributed by atoms with E-state index in [4.69, 9.17) is 11.5 Å². The Morgan fingerprint density at radius 3 is 2.35 bits per heavy atom. The first-order valence-electron chi connectivity index (χ1n) is 11.8. The molecule has 4 aliphatic rings. The predicted molar refractivity (Wildman–Crippen MR) is 119 cm³/mol. The van der Waals surface area contributed by atoms with E-state index in [1.54, 1.807) is 6.20 Å². The van der Waals surface area contributed by atoms with Crippen LogP contribution in [0.15, 0.2) is 30.5 Å². The van der Waals surface area contributed by atoms with E-state index in [9.17, 15) is 9.59 Å². The zero-order chi connectivity index (χ0) is 21.9. The van der Waals surface area contributed by atoms with Crippen molar-refractivity contribution < 1.29 is 9.59 Å². The van der Waals surface area contributed by atoms with Crippen LogP contribution in [0.3, 0.4) is 0 Å². The van der Waals surface area contributed by atoms with Crippen molar-refractivity contribution in [2.24, 2.45) is 34.1 Å². The van der Waals surface area contributed by atoms with Gasteiger partial charge in [-0.3, -0.25) is 14.6 Å². The number of primary amides is 2. The number of nitrogens with zero attached hydrogens (tertiary/aromatic N) is 2. The largest absolute Gasteiger partial charge is 0.369 e. The molecule has 0 unspecified atom stereocenters. The third kappa shape index (κ3) is 2.63. The van der Waals surface area contributed by atoms with Crippen molar-refractivity contribution in [3.05, 3.63) is 41.7 Å². The highest BCUT2D eigenvalue weighted by Crippen LogP contribution is 2.80. The molecule has 1 aromatic heterocycles. The van der Waals surface area contributed by atoms with E-state index in [-0.39, 0.29) is 17.3 Å². The number of unbranched alkanes of at least 4 members (excludes halogenated alkanes) is 1. The molecule has 166 valence electrons. The maximum Gasteiger partial charge on any atom is 0.231 e. The molecule has 6 heteroatoms. The fourth-order valence-corrected chi connectivity index (χ4v) is 7.48.